The summed E-state index contributed by atoms with van der Waals surface area (Å²) in [6.07, 6.45) is 2.14. The fraction of sp³-hybridized carbons (Fsp3) is 0.533. The normalized spacial score (nSPS) is 18.1. The molecule has 1 heterocycles. The monoisotopic (exact) mass is 262 g/mol. The fourth-order valence-electron chi connectivity index (χ4n) is 2.40. The van der Waals surface area contributed by atoms with Crippen molar-refractivity contribution in [3.63, 3.8) is 0 Å². The van der Waals surface area contributed by atoms with Crippen LogP contribution in [0.2, 0.25) is 0 Å². The van der Waals surface area contributed by atoms with Gasteiger partial charge in [-0.1, -0.05) is 30.3 Å². The van der Waals surface area contributed by atoms with Gasteiger partial charge in [0.05, 0.1) is 12.1 Å². The first-order chi connectivity index (χ1) is 9.20. The van der Waals surface area contributed by atoms with Gasteiger partial charge in [0.2, 0.25) is 0 Å². The summed E-state index contributed by atoms with van der Waals surface area (Å²) in [6, 6.07) is 10.1. The Labute approximate surface area is 114 Å². The second-order valence-electron chi connectivity index (χ2n) is 5.00. The van der Waals surface area contributed by atoms with Crippen molar-refractivity contribution >= 4 is 6.03 Å². The van der Waals surface area contributed by atoms with E-state index in [1.54, 1.807) is 7.11 Å². The van der Waals surface area contributed by atoms with E-state index < -0.39 is 0 Å². The van der Waals surface area contributed by atoms with Crippen LogP contribution >= 0.6 is 0 Å². The number of benzene rings is 1. The third-order valence-corrected chi connectivity index (χ3v) is 3.70. The summed E-state index contributed by atoms with van der Waals surface area (Å²) in [5.41, 5.74) is 1.13. The van der Waals surface area contributed by atoms with Crippen LogP contribution in [-0.4, -0.2) is 37.2 Å². The molecule has 104 valence electrons. The van der Waals surface area contributed by atoms with Gasteiger partial charge in [-0.25, -0.2) is 4.79 Å². The number of urea groups is 1. The van der Waals surface area contributed by atoms with Gasteiger partial charge in [0.1, 0.15) is 0 Å². The van der Waals surface area contributed by atoms with Gasteiger partial charge in [-0.3, -0.25) is 0 Å². The minimum Gasteiger partial charge on any atom is -0.381 e. The van der Waals surface area contributed by atoms with Gasteiger partial charge >= 0.3 is 6.03 Å². The third kappa shape index (κ3) is 3.70. The van der Waals surface area contributed by atoms with Gasteiger partial charge in [0.25, 0.3) is 0 Å². The Balaban J connectivity index is 1.84. The molecule has 1 aromatic carbocycles. The number of carbonyl (C=O) groups excluding carboxylic acids is 1. The highest BCUT2D eigenvalue weighted by molar-refractivity contribution is 5.74. The van der Waals surface area contributed by atoms with Crippen molar-refractivity contribution in [2.75, 3.05) is 20.2 Å². The number of likely N-dealkylation sites (tertiary alicyclic amines) is 1. The average Bonchev–Trinajstić information content (AvgIpc) is 2.48. The molecule has 0 bridgehead atoms. The lowest BCUT2D eigenvalue weighted by atomic mass is 10.1. The molecule has 0 aliphatic carbocycles. The zero-order valence-corrected chi connectivity index (χ0v) is 11.6. The van der Waals surface area contributed by atoms with E-state index in [-0.39, 0.29) is 12.1 Å². The molecule has 4 nitrogen and oxygen atoms in total. The molecule has 1 fully saturated rings. The maximum atomic E-state index is 12.2. The van der Waals surface area contributed by atoms with Gasteiger partial charge in [0.15, 0.2) is 0 Å². The molecule has 1 N–H and O–H groups in total. The number of amides is 2. The van der Waals surface area contributed by atoms with Crippen LogP contribution in [0.4, 0.5) is 4.79 Å². The van der Waals surface area contributed by atoms with E-state index in [9.17, 15) is 4.79 Å². The van der Waals surface area contributed by atoms with E-state index in [1.807, 2.05) is 42.2 Å². The van der Waals surface area contributed by atoms with Gasteiger partial charge in [-0.15, -0.1) is 0 Å². The number of nitrogens with zero attached hydrogens (tertiary/aromatic N) is 1. The molecule has 1 aliphatic heterocycles. The maximum absolute atomic E-state index is 12.2. The van der Waals surface area contributed by atoms with E-state index in [4.69, 9.17) is 4.74 Å². The Bertz CT molecular complexity index is 400. The third-order valence-electron chi connectivity index (χ3n) is 3.70. The molecule has 1 unspecified atom stereocenters. The van der Waals surface area contributed by atoms with Crippen molar-refractivity contribution in [2.45, 2.75) is 31.9 Å². The second-order valence-corrected chi connectivity index (χ2v) is 5.00. The molecular weight excluding hydrogens is 240 g/mol. The molecule has 1 saturated heterocycles. The fourth-order valence-corrected chi connectivity index (χ4v) is 2.40. The molecule has 0 aromatic heterocycles. The van der Waals surface area contributed by atoms with Crippen LogP contribution in [-0.2, 0) is 4.74 Å². The molecule has 0 spiro atoms. The second kappa shape index (κ2) is 6.57. The Morgan fingerprint density at radius 1 is 1.32 bits per heavy atom. The number of piperidine rings is 1. The van der Waals surface area contributed by atoms with Crippen molar-refractivity contribution in [3.8, 4) is 0 Å². The van der Waals surface area contributed by atoms with E-state index in [1.165, 1.54) is 0 Å². The van der Waals surface area contributed by atoms with Gasteiger partial charge < -0.3 is 15.0 Å². The summed E-state index contributed by atoms with van der Waals surface area (Å²) in [5.74, 6) is 0. The first kappa shape index (κ1) is 13.9. The number of rotatable bonds is 3. The van der Waals surface area contributed by atoms with Gasteiger partial charge in [-0.2, -0.15) is 0 Å². The number of ether oxygens (including phenoxy) is 1. The highest BCUT2D eigenvalue weighted by Gasteiger charge is 2.23. The standard InChI is InChI=1S/C15H22N2O2/c1-12(13-6-4-3-5-7-13)16-15(18)17-10-8-14(19-2)9-11-17/h3-7,12,14H,8-11H2,1-2H3,(H,16,18). The molecule has 0 radical (unpaired) electrons. The quantitative estimate of drug-likeness (QED) is 0.909. The predicted molar refractivity (Wildman–Crippen MR) is 75.0 cm³/mol. The minimum absolute atomic E-state index is 0.0194. The van der Waals surface area contributed by atoms with E-state index in [0.29, 0.717) is 6.10 Å². The van der Waals surface area contributed by atoms with Crippen LogP contribution in [0.5, 0.6) is 0 Å². The number of hydrogen-bond donors (Lipinski definition) is 1. The predicted octanol–water partition coefficient (Wildman–Crippen LogP) is 2.57. The summed E-state index contributed by atoms with van der Waals surface area (Å²) in [6.45, 7) is 3.55. The number of methoxy groups -OCH3 is 1. The molecule has 1 aliphatic rings. The maximum Gasteiger partial charge on any atom is 0.317 e. The number of carbonyl (C=O) groups is 1. The van der Waals surface area contributed by atoms with Crippen molar-refractivity contribution in [3.05, 3.63) is 35.9 Å². The number of hydrogen-bond acceptors (Lipinski definition) is 2. The summed E-state index contributed by atoms with van der Waals surface area (Å²) >= 11 is 0. The SMILES string of the molecule is COC1CCN(C(=O)NC(C)c2ccccc2)CC1. The summed E-state index contributed by atoms with van der Waals surface area (Å²) < 4.78 is 5.31. The largest absolute Gasteiger partial charge is 0.381 e. The zero-order chi connectivity index (χ0) is 13.7. The van der Waals surface area contributed by atoms with Crippen LogP contribution in [0.25, 0.3) is 0 Å². The molecule has 19 heavy (non-hydrogen) atoms. The zero-order valence-electron chi connectivity index (χ0n) is 11.6. The van der Waals surface area contributed by atoms with Crippen LogP contribution in [0.3, 0.4) is 0 Å². The lowest BCUT2D eigenvalue weighted by Crippen LogP contribution is -2.46. The molecule has 4 heteroatoms. The van der Waals surface area contributed by atoms with E-state index >= 15 is 0 Å². The van der Waals surface area contributed by atoms with Gasteiger partial charge in [0, 0.05) is 20.2 Å². The summed E-state index contributed by atoms with van der Waals surface area (Å²) in [7, 11) is 1.73. The topological polar surface area (TPSA) is 41.6 Å². The molecule has 0 saturated carbocycles. The summed E-state index contributed by atoms with van der Waals surface area (Å²) in [5, 5.41) is 3.04. The first-order valence-electron chi connectivity index (χ1n) is 6.84. The van der Waals surface area contributed by atoms with Crippen molar-refractivity contribution in [2.24, 2.45) is 0 Å². The molecule has 2 amide bonds. The Kier molecular flexibility index (Phi) is 4.80. The first-order valence-corrected chi connectivity index (χ1v) is 6.84. The highest BCUT2D eigenvalue weighted by Crippen LogP contribution is 2.15. The number of nitrogens with one attached hydrogen (secondary N) is 1. The van der Waals surface area contributed by atoms with Crippen LogP contribution < -0.4 is 5.32 Å². The average molecular weight is 262 g/mol. The molecule has 2 rings (SSSR count). The van der Waals surface area contributed by atoms with Crippen molar-refractivity contribution in [1.82, 2.24) is 10.2 Å². The van der Waals surface area contributed by atoms with Crippen molar-refractivity contribution in [1.29, 1.82) is 0 Å². The summed E-state index contributed by atoms with van der Waals surface area (Å²) in [4.78, 5) is 14.0. The van der Waals surface area contributed by atoms with Crippen LogP contribution in [0.1, 0.15) is 31.4 Å². The molecule has 1 aromatic rings. The smallest absolute Gasteiger partial charge is 0.317 e. The van der Waals surface area contributed by atoms with E-state index in [0.717, 1.165) is 31.5 Å². The molecule has 1 atom stereocenters. The lowest BCUT2D eigenvalue weighted by Gasteiger charge is -2.32. The highest BCUT2D eigenvalue weighted by atomic mass is 16.5. The van der Waals surface area contributed by atoms with Crippen LogP contribution in [0.15, 0.2) is 30.3 Å². The molecular formula is C15H22N2O2. The van der Waals surface area contributed by atoms with E-state index in [2.05, 4.69) is 5.32 Å². The lowest BCUT2D eigenvalue weighted by molar-refractivity contribution is 0.0500. The van der Waals surface area contributed by atoms with Gasteiger partial charge in [-0.05, 0) is 25.3 Å². The van der Waals surface area contributed by atoms with Crippen LogP contribution in [0, 0.1) is 0 Å². The Morgan fingerprint density at radius 2 is 1.95 bits per heavy atom. The Morgan fingerprint density at radius 3 is 2.53 bits per heavy atom. The Hall–Kier alpha value is -1.55. The minimum atomic E-state index is 0.0194. The van der Waals surface area contributed by atoms with Crippen molar-refractivity contribution < 1.29 is 9.53 Å².